The average molecular weight is 409 g/mol. The molecule has 0 aliphatic rings. The van der Waals surface area contributed by atoms with Gasteiger partial charge in [0, 0.05) is 64.8 Å². The van der Waals surface area contributed by atoms with E-state index in [-0.39, 0.29) is 0 Å². The van der Waals surface area contributed by atoms with Crippen molar-refractivity contribution in [1.82, 2.24) is 21.3 Å². The molecule has 0 radical (unpaired) electrons. The minimum Gasteiger partial charge on any atom is -0.314 e. The Kier molecular flexibility index (Phi) is 13.9. The van der Waals surface area contributed by atoms with Crippen molar-refractivity contribution in [1.29, 1.82) is 0 Å². The highest BCUT2D eigenvalue weighted by Gasteiger charge is 1.91. The molecule has 0 bridgehead atoms. The maximum absolute atomic E-state index is 4.42. The number of hydrogen-bond donors (Lipinski definition) is 4. The smallest absolute Gasteiger partial charge is 0.0514 e. The molecule has 0 atom stereocenters. The van der Waals surface area contributed by atoms with Crippen LogP contribution in [-0.4, -0.2) is 77.9 Å². The predicted molar refractivity (Wildman–Crippen MR) is 129 cm³/mol. The fourth-order valence-electron chi connectivity index (χ4n) is 2.74. The van der Waals surface area contributed by atoms with Crippen LogP contribution < -0.4 is 21.3 Å². The van der Waals surface area contributed by atoms with Gasteiger partial charge in [0.2, 0.25) is 0 Å². The highest BCUT2D eigenvalue weighted by Crippen LogP contribution is 1.94. The van der Waals surface area contributed by atoms with Gasteiger partial charge in [-0.05, 0) is 11.1 Å². The summed E-state index contributed by atoms with van der Waals surface area (Å²) in [5.74, 6) is 0. The molecule has 6 nitrogen and oxygen atoms in total. The normalized spacial score (nSPS) is 11.6. The van der Waals surface area contributed by atoms with Crippen molar-refractivity contribution in [2.75, 3.05) is 65.4 Å². The molecule has 2 aromatic carbocycles. The Morgan fingerprint density at radius 2 is 0.800 bits per heavy atom. The molecule has 162 valence electrons. The summed E-state index contributed by atoms with van der Waals surface area (Å²) in [5, 5.41) is 13.7. The topological polar surface area (TPSA) is 72.8 Å². The maximum Gasteiger partial charge on any atom is 0.0514 e. The van der Waals surface area contributed by atoms with Gasteiger partial charge in [0.15, 0.2) is 0 Å². The average Bonchev–Trinajstić information content (AvgIpc) is 2.79. The Hall–Kier alpha value is -2.38. The first-order valence-electron chi connectivity index (χ1n) is 10.9. The van der Waals surface area contributed by atoms with Gasteiger partial charge in [-0.3, -0.25) is 9.98 Å². The van der Waals surface area contributed by atoms with E-state index < -0.39 is 0 Å². The van der Waals surface area contributed by atoms with Gasteiger partial charge in [0.1, 0.15) is 0 Å². The molecule has 0 spiro atoms. The van der Waals surface area contributed by atoms with Gasteiger partial charge in [-0.25, -0.2) is 0 Å². The van der Waals surface area contributed by atoms with E-state index in [1.807, 2.05) is 48.8 Å². The van der Waals surface area contributed by atoms with Crippen LogP contribution in [-0.2, 0) is 0 Å². The maximum atomic E-state index is 4.42. The molecule has 2 rings (SSSR count). The third kappa shape index (κ3) is 13.0. The zero-order valence-corrected chi connectivity index (χ0v) is 17.9. The second-order valence-corrected chi connectivity index (χ2v) is 6.89. The molecule has 0 fully saturated rings. The lowest BCUT2D eigenvalue weighted by Crippen LogP contribution is -2.35. The van der Waals surface area contributed by atoms with Gasteiger partial charge in [0.05, 0.1) is 13.1 Å². The van der Waals surface area contributed by atoms with Crippen molar-refractivity contribution in [2.24, 2.45) is 9.98 Å². The van der Waals surface area contributed by atoms with Gasteiger partial charge in [-0.15, -0.1) is 0 Å². The second-order valence-electron chi connectivity index (χ2n) is 6.89. The Bertz CT molecular complexity index is 626. The van der Waals surface area contributed by atoms with Gasteiger partial charge >= 0.3 is 0 Å². The van der Waals surface area contributed by atoms with Crippen molar-refractivity contribution in [3.63, 3.8) is 0 Å². The van der Waals surface area contributed by atoms with Gasteiger partial charge in [-0.1, -0.05) is 60.7 Å². The number of rotatable bonds is 17. The summed E-state index contributed by atoms with van der Waals surface area (Å²) in [6.45, 7) is 9.27. The van der Waals surface area contributed by atoms with Crippen LogP contribution in [0.15, 0.2) is 70.6 Å². The highest BCUT2D eigenvalue weighted by molar-refractivity contribution is 5.79. The summed E-state index contributed by atoms with van der Waals surface area (Å²) in [5.41, 5.74) is 2.30. The van der Waals surface area contributed by atoms with Crippen LogP contribution in [0.4, 0.5) is 0 Å². The first-order chi connectivity index (χ1) is 14.9. The molecule has 2 aromatic rings. The van der Waals surface area contributed by atoms with Crippen LogP contribution in [0.1, 0.15) is 11.1 Å². The molecule has 30 heavy (non-hydrogen) atoms. The van der Waals surface area contributed by atoms with E-state index in [1.54, 1.807) is 0 Å². The minimum atomic E-state index is 0.807. The zero-order chi connectivity index (χ0) is 21.0. The molecule has 0 saturated carbocycles. The van der Waals surface area contributed by atoms with E-state index >= 15 is 0 Å². The molecular formula is C24H36N6. The first kappa shape index (κ1) is 23.9. The molecule has 4 N–H and O–H groups in total. The Labute approximate surface area is 181 Å². The number of aliphatic imine (C=N–C) groups is 2. The Morgan fingerprint density at radius 1 is 0.467 bits per heavy atom. The van der Waals surface area contributed by atoms with E-state index in [9.17, 15) is 0 Å². The third-order valence-electron chi connectivity index (χ3n) is 4.35. The van der Waals surface area contributed by atoms with Crippen molar-refractivity contribution in [2.45, 2.75) is 0 Å². The van der Waals surface area contributed by atoms with Crippen LogP contribution in [0.3, 0.4) is 0 Å². The lowest BCUT2D eigenvalue weighted by molar-refractivity contribution is 0.569. The summed E-state index contributed by atoms with van der Waals surface area (Å²) in [6, 6.07) is 20.4. The fourth-order valence-corrected chi connectivity index (χ4v) is 2.74. The summed E-state index contributed by atoms with van der Waals surface area (Å²) in [4.78, 5) is 8.85. The van der Waals surface area contributed by atoms with Gasteiger partial charge < -0.3 is 21.3 Å². The summed E-state index contributed by atoms with van der Waals surface area (Å²) in [6.07, 6.45) is 3.86. The third-order valence-corrected chi connectivity index (χ3v) is 4.35. The van der Waals surface area contributed by atoms with Crippen LogP contribution in [0.5, 0.6) is 0 Å². The van der Waals surface area contributed by atoms with Crippen molar-refractivity contribution < 1.29 is 0 Å². The molecule has 0 aliphatic carbocycles. The number of nitrogens with zero attached hydrogens (tertiary/aromatic N) is 2. The van der Waals surface area contributed by atoms with Crippen LogP contribution in [0.25, 0.3) is 0 Å². The van der Waals surface area contributed by atoms with Crippen molar-refractivity contribution in [3.05, 3.63) is 71.8 Å². The SMILES string of the molecule is C(=N\CCNCCNCCNCCNCC/N=C/c1ccccc1)/c1ccccc1. The van der Waals surface area contributed by atoms with E-state index in [0.29, 0.717) is 0 Å². The lowest BCUT2D eigenvalue weighted by atomic mass is 10.2. The summed E-state index contributed by atoms with van der Waals surface area (Å²) >= 11 is 0. The number of nitrogens with one attached hydrogen (secondary N) is 4. The molecular weight excluding hydrogens is 372 g/mol. The largest absolute Gasteiger partial charge is 0.314 e. The van der Waals surface area contributed by atoms with Crippen molar-refractivity contribution >= 4 is 12.4 Å². The molecule has 0 saturated heterocycles. The Balaban J connectivity index is 1.27. The first-order valence-corrected chi connectivity index (χ1v) is 10.9. The number of benzene rings is 2. The van der Waals surface area contributed by atoms with Crippen LogP contribution in [0.2, 0.25) is 0 Å². The van der Waals surface area contributed by atoms with Crippen molar-refractivity contribution in [3.8, 4) is 0 Å². The number of hydrogen-bond acceptors (Lipinski definition) is 6. The van der Waals surface area contributed by atoms with Gasteiger partial charge in [0.25, 0.3) is 0 Å². The standard InChI is InChI=1S/C24H36N6/c1-3-7-23(8-4-1)21-29-19-17-27-15-13-25-11-12-26-14-16-28-18-20-30-22-24-9-5-2-6-10-24/h1-10,21-22,25-28H,11-20H2/b29-21+,30-22+. The summed E-state index contributed by atoms with van der Waals surface area (Å²) in [7, 11) is 0. The molecule has 0 aliphatic heterocycles. The molecule has 0 amide bonds. The van der Waals surface area contributed by atoms with E-state index in [0.717, 1.165) is 76.6 Å². The fraction of sp³-hybridized carbons (Fsp3) is 0.417. The van der Waals surface area contributed by atoms with Crippen LogP contribution >= 0.6 is 0 Å². The molecule has 6 heteroatoms. The highest BCUT2D eigenvalue weighted by atomic mass is 15.0. The molecule has 0 aromatic heterocycles. The van der Waals surface area contributed by atoms with E-state index in [2.05, 4.69) is 55.5 Å². The van der Waals surface area contributed by atoms with Gasteiger partial charge in [-0.2, -0.15) is 0 Å². The predicted octanol–water partition coefficient (Wildman–Crippen LogP) is 1.58. The minimum absolute atomic E-state index is 0.807. The monoisotopic (exact) mass is 408 g/mol. The molecule has 0 heterocycles. The second kappa shape index (κ2) is 17.5. The van der Waals surface area contributed by atoms with E-state index in [4.69, 9.17) is 0 Å². The lowest BCUT2D eigenvalue weighted by Gasteiger charge is -2.08. The van der Waals surface area contributed by atoms with E-state index in [1.165, 1.54) is 0 Å². The zero-order valence-electron chi connectivity index (χ0n) is 17.9. The Morgan fingerprint density at radius 3 is 1.17 bits per heavy atom. The molecule has 0 unspecified atom stereocenters. The summed E-state index contributed by atoms with van der Waals surface area (Å²) < 4.78 is 0. The quantitative estimate of drug-likeness (QED) is 0.237. The van der Waals surface area contributed by atoms with Crippen LogP contribution in [0, 0.1) is 0 Å².